The summed E-state index contributed by atoms with van der Waals surface area (Å²) in [5.74, 6) is 0.669. The summed E-state index contributed by atoms with van der Waals surface area (Å²) in [7, 11) is 1.53. The van der Waals surface area contributed by atoms with Crippen LogP contribution in [0, 0.1) is 5.82 Å². The Bertz CT molecular complexity index is 1240. The van der Waals surface area contributed by atoms with Gasteiger partial charge in [-0.1, -0.05) is 5.16 Å². The fourth-order valence-electron chi connectivity index (χ4n) is 2.61. The molecule has 0 aliphatic rings. The molecule has 0 radical (unpaired) electrons. The fourth-order valence-corrected chi connectivity index (χ4v) is 2.61. The van der Waals surface area contributed by atoms with Crippen LogP contribution >= 0.6 is 0 Å². The van der Waals surface area contributed by atoms with Crippen LogP contribution in [0.15, 0.2) is 56.6 Å². The van der Waals surface area contributed by atoms with Gasteiger partial charge in [-0.2, -0.15) is 4.98 Å². The van der Waals surface area contributed by atoms with E-state index in [9.17, 15) is 14.0 Å². The molecule has 0 amide bonds. The van der Waals surface area contributed by atoms with Crippen LogP contribution < -0.4 is 15.9 Å². The predicted octanol–water partition coefficient (Wildman–Crippen LogP) is 1.99. The summed E-state index contributed by atoms with van der Waals surface area (Å²) in [5.41, 5.74) is 0.326. The maximum absolute atomic E-state index is 12.9. The summed E-state index contributed by atoms with van der Waals surface area (Å²) in [5, 5.41) is 3.90. The summed E-state index contributed by atoms with van der Waals surface area (Å²) in [6.45, 7) is 0.0253. The largest absolute Gasteiger partial charge is 0.484 e. The van der Waals surface area contributed by atoms with Crippen LogP contribution in [-0.4, -0.2) is 19.7 Å². The molecule has 2 aromatic heterocycles. The third-order valence-corrected chi connectivity index (χ3v) is 4.01. The zero-order valence-electron chi connectivity index (χ0n) is 14.1. The summed E-state index contributed by atoms with van der Waals surface area (Å²) in [6, 6.07) is 10.6. The van der Waals surface area contributed by atoms with Crippen LogP contribution in [0.5, 0.6) is 5.75 Å². The van der Waals surface area contributed by atoms with Crippen molar-refractivity contribution in [1.82, 2.24) is 19.7 Å². The number of aromatic nitrogens is 4. The van der Waals surface area contributed by atoms with Gasteiger partial charge in [-0.25, -0.2) is 4.39 Å². The maximum atomic E-state index is 12.9. The topological polar surface area (TPSA) is 103 Å². The lowest BCUT2D eigenvalue weighted by molar-refractivity contribution is 0.242. The molecule has 0 aliphatic carbocycles. The van der Waals surface area contributed by atoms with Crippen LogP contribution in [0.4, 0.5) is 4.39 Å². The molecule has 0 saturated heterocycles. The lowest BCUT2D eigenvalue weighted by atomic mass is 10.2. The van der Waals surface area contributed by atoms with Gasteiger partial charge in [0.05, 0.1) is 11.0 Å². The van der Waals surface area contributed by atoms with Gasteiger partial charge in [0.1, 0.15) is 11.6 Å². The van der Waals surface area contributed by atoms with Crippen LogP contribution in [0.25, 0.3) is 22.4 Å². The number of aryl methyl sites for hydroxylation is 1. The van der Waals surface area contributed by atoms with Crippen molar-refractivity contribution >= 4 is 11.0 Å². The lowest BCUT2D eigenvalue weighted by Crippen LogP contribution is -2.34. The Morgan fingerprint density at radius 2 is 1.96 bits per heavy atom. The van der Waals surface area contributed by atoms with Crippen LogP contribution in [0.1, 0.15) is 5.89 Å². The van der Waals surface area contributed by atoms with Gasteiger partial charge in [-0.15, -0.1) is 0 Å². The van der Waals surface area contributed by atoms with Gasteiger partial charge >= 0.3 is 11.1 Å². The number of hydrogen-bond acceptors (Lipinski definition) is 6. The van der Waals surface area contributed by atoms with Crippen molar-refractivity contribution in [1.29, 1.82) is 0 Å². The lowest BCUT2D eigenvalue weighted by Gasteiger charge is -2.04. The third kappa shape index (κ3) is 3.22. The molecule has 0 bridgehead atoms. The van der Waals surface area contributed by atoms with Gasteiger partial charge in [0.25, 0.3) is 5.89 Å². The quantitative estimate of drug-likeness (QED) is 0.553. The second kappa shape index (κ2) is 6.52. The molecule has 8 nitrogen and oxygen atoms in total. The Kier molecular flexibility index (Phi) is 4.03. The van der Waals surface area contributed by atoms with Crippen molar-refractivity contribution in [3.8, 4) is 17.1 Å². The van der Waals surface area contributed by atoms with E-state index in [1.165, 1.54) is 35.9 Å². The molecule has 0 aliphatic heterocycles. The van der Waals surface area contributed by atoms with Crippen molar-refractivity contribution in [3.63, 3.8) is 0 Å². The number of nitrogens with one attached hydrogen (secondary N) is 1. The number of fused-ring (bicyclic) bond motifs is 1. The smallest absolute Gasteiger partial charge is 0.316 e. The molecule has 9 heteroatoms. The van der Waals surface area contributed by atoms with E-state index in [1.807, 2.05) is 0 Å². The van der Waals surface area contributed by atoms with E-state index in [1.54, 1.807) is 18.2 Å². The molecule has 0 atom stereocenters. The highest BCUT2D eigenvalue weighted by molar-refractivity contribution is 5.79. The van der Waals surface area contributed by atoms with Crippen LogP contribution in [0.2, 0.25) is 0 Å². The first-order chi connectivity index (χ1) is 13.0. The zero-order chi connectivity index (χ0) is 19.0. The molecule has 1 N–H and O–H groups in total. The summed E-state index contributed by atoms with van der Waals surface area (Å²) >= 11 is 0. The second-order valence-electron chi connectivity index (χ2n) is 5.80. The van der Waals surface area contributed by atoms with Gasteiger partial charge < -0.3 is 18.8 Å². The first-order valence-corrected chi connectivity index (χ1v) is 7.95. The van der Waals surface area contributed by atoms with E-state index in [4.69, 9.17) is 9.26 Å². The number of ether oxygens (including phenoxy) is 1. The Balaban J connectivity index is 1.59. The molecule has 0 spiro atoms. The Morgan fingerprint density at radius 1 is 1.19 bits per heavy atom. The van der Waals surface area contributed by atoms with Crippen LogP contribution in [-0.2, 0) is 13.7 Å². The predicted molar refractivity (Wildman–Crippen MR) is 93.8 cm³/mol. The Morgan fingerprint density at radius 3 is 2.74 bits per heavy atom. The summed E-state index contributed by atoms with van der Waals surface area (Å²) < 4.78 is 24.8. The van der Waals surface area contributed by atoms with Crippen molar-refractivity contribution < 1.29 is 13.7 Å². The van der Waals surface area contributed by atoms with Crippen molar-refractivity contribution in [2.45, 2.75) is 6.61 Å². The molecule has 0 saturated carbocycles. The van der Waals surface area contributed by atoms with Crippen molar-refractivity contribution in [2.75, 3.05) is 0 Å². The molecular formula is C18H13FN4O4. The third-order valence-electron chi connectivity index (χ3n) is 4.01. The molecule has 136 valence electrons. The summed E-state index contributed by atoms with van der Waals surface area (Å²) in [4.78, 5) is 30.1. The number of hydrogen-bond donors (Lipinski definition) is 1. The number of halogens is 1. The average Bonchev–Trinajstić information content (AvgIpc) is 3.14. The van der Waals surface area contributed by atoms with Gasteiger partial charge in [0.15, 0.2) is 6.61 Å². The van der Waals surface area contributed by atoms with E-state index in [0.29, 0.717) is 28.2 Å². The SMILES string of the molecule is Cn1c(=O)c(=O)[nH]c2cc(-c3noc(COc4ccc(F)cc4)n3)ccc21. The Labute approximate surface area is 150 Å². The van der Waals surface area contributed by atoms with Gasteiger partial charge in [0.2, 0.25) is 5.82 Å². The standard InChI is InChI=1S/C18H13FN4O4/c1-23-14-7-2-10(8-13(14)20-17(24)18(23)25)16-21-15(27-22-16)9-26-12-5-3-11(19)4-6-12/h2-8H,9H2,1H3,(H,20,24). The molecule has 2 heterocycles. The zero-order valence-corrected chi connectivity index (χ0v) is 14.1. The van der Waals surface area contributed by atoms with E-state index in [-0.39, 0.29) is 18.3 Å². The number of rotatable bonds is 4. The number of benzene rings is 2. The fraction of sp³-hybridized carbons (Fsp3) is 0.111. The number of H-pyrrole nitrogens is 1. The highest BCUT2D eigenvalue weighted by Crippen LogP contribution is 2.20. The summed E-state index contributed by atoms with van der Waals surface area (Å²) in [6.07, 6.45) is 0. The van der Waals surface area contributed by atoms with E-state index >= 15 is 0 Å². The van der Waals surface area contributed by atoms with E-state index in [2.05, 4.69) is 15.1 Å². The molecule has 4 aromatic rings. The first kappa shape index (κ1) is 16.7. The van der Waals surface area contributed by atoms with Gasteiger partial charge in [0, 0.05) is 12.6 Å². The molecular weight excluding hydrogens is 355 g/mol. The van der Waals surface area contributed by atoms with Crippen molar-refractivity contribution in [2.24, 2.45) is 7.05 Å². The van der Waals surface area contributed by atoms with Gasteiger partial charge in [-0.05, 0) is 42.5 Å². The molecule has 0 fully saturated rings. The van der Waals surface area contributed by atoms with E-state index < -0.39 is 11.1 Å². The highest BCUT2D eigenvalue weighted by Gasteiger charge is 2.12. The molecule has 2 aromatic carbocycles. The monoisotopic (exact) mass is 368 g/mol. The minimum absolute atomic E-state index is 0.0253. The minimum Gasteiger partial charge on any atom is -0.484 e. The van der Waals surface area contributed by atoms with Crippen LogP contribution in [0.3, 0.4) is 0 Å². The number of aromatic amines is 1. The average molecular weight is 368 g/mol. The Hall–Kier alpha value is -3.75. The molecule has 0 unspecified atom stereocenters. The normalized spacial score (nSPS) is 11.0. The van der Waals surface area contributed by atoms with Crippen molar-refractivity contribution in [3.05, 3.63) is 74.9 Å². The first-order valence-electron chi connectivity index (χ1n) is 7.95. The highest BCUT2D eigenvalue weighted by atomic mass is 19.1. The molecule has 27 heavy (non-hydrogen) atoms. The van der Waals surface area contributed by atoms with E-state index in [0.717, 1.165) is 0 Å². The maximum Gasteiger partial charge on any atom is 0.316 e. The minimum atomic E-state index is -0.705. The molecule has 4 rings (SSSR count). The number of nitrogens with zero attached hydrogens (tertiary/aromatic N) is 3. The second-order valence-corrected chi connectivity index (χ2v) is 5.80. The van der Waals surface area contributed by atoms with Gasteiger partial charge in [-0.3, -0.25) is 9.59 Å².